The Morgan fingerprint density at radius 2 is 2.15 bits per heavy atom. The number of nitrogens with zero attached hydrogens (tertiary/aromatic N) is 3. The zero-order valence-corrected chi connectivity index (χ0v) is 16.0. The molecule has 1 aromatic heterocycles. The monoisotopic (exact) mass is 373 g/mol. The highest BCUT2D eigenvalue weighted by molar-refractivity contribution is 7.13. The summed E-state index contributed by atoms with van der Waals surface area (Å²) in [6, 6.07) is 6.41. The quantitative estimate of drug-likeness (QED) is 0.777. The lowest BCUT2D eigenvalue weighted by molar-refractivity contribution is -0.136. The van der Waals surface area contributed by atoms with Crippen molar-refractivity contribution in [3.05, 3.63) is 40.9 Å². The number of carbonyl (C=O) groups is 2. The summed E-state index contributed by atoms with van der Waals surface area (Å²) in [5, 5.41) is 7.37. The smallest absolute Gasteiger partial charge is 0.315 e. The first-order valence-electron chi connectivity index (χ1n) is 8.44. The van der Waals surface area contributed by atoms with E-state index < -0.39 is 11.8 Å². The summed E-state index contributed by atoms with van der Waals surface area (Å²) in [4.78, 5) is 32.3. The maximum Gasteiger partial charge on any atom is 0.315 e. The molecule has 8 heteroatoms. The molecule has 0 saturated heterocycles. The van der Waals surface area contributed by atoms with E-state index in [9.17, 15) is 9.59 Å². The average Bonchev–Trinajstić information content (AvgIpc) is 3.24. The number of nitrogens with one attached hydrogen (secondary N) is 2. The molecule has 0 spiro atoms. The van der Waals surface area contributed by atoms with Crippen LogP contribution >= 0.6 is 11.3 Å². The van der Waals surface area contributed by atoms with Crippen LogP contribution in [0, 0.1) is 0 Å². The van der Waals surface area contributed by atoms with Gasteiger partial charge in [-0.3, -0.25) is 14.9 Å². The van der Waals surface area contributed by atoms with Gasteiger partial charge in [0.25, 0.3) is 0 Å². The van der Waals surface area contributed by atoms with Crippen molar-refractivity contribution in [3.63, 3.8) is 0 Å². The van der Waals surface area contributed by atoms with Crippen LogP contribution in [-0.4, -0.2) is 55.9 Å². The van der Waals surface area contributed by atoms with Gasteiger partial charge in [-0.05, 0) is 37.7 Å². The third kappa shape index (κ3) is 4.03. The third-order valence-electron chi connectivity index (χ3n) is 4.55. The van der Waals surface area contributed by atoms with Crippen LogP contribution in [0.15, 0.2) is 29.8 Å². The third-order valence-corrected chi connectivity index (χ3v) is 5.24. The SMILES string of the molecule is CN1CCc2cc([C@H](CNC(=O)C(=O)Nc3nccs3)N(C)C)ccc21. The molecular weight excluding hydrogens is 350 g/mol. The molecular formula is C18H23N5O2S. The summed E-state index contributed by atoms with van der Waals surface area (Å²) in [7, 11) is 6.02. The van der Waals surface area contributed by atoms with Gasteiger partial charge < -0.3 is 15.1 Å². The number of amides is 2. The van der Waals surface area contributed by atoms with Crippen LogP contribution in [-0.2, 0) is 16.0 Å². The summed E-state index contributed by atoms with van der Waals surface area (Å²) in [5.74, 6) is -1.36. The summed E-state index contributed by atoms with van der Waals surface area (Å²) in [5.41, 5.74) is 3.72. The molecule has 138 valence electrons. The highest BCUT2D eigenvalue weighted by Gasteiger charge is 2.22. The summed E-state index contributed by atoms with van der Waals surface area (Å²) >= 11 is 1.27. The number of carbonyl (C=O) groups excluding carboxylic acids is 2. The van der Waals surface area contributed by atoms with Crippen molar-refractivity contribution in [2.45, 2.75) is 12.5 Å². The molecule has 3 rings (SSSR count). The van der Waals surface area contributed by atoms with E-state index in [0.29, 0.717) is 11.7 Å². The highest BCUT2D eigenvalue weighted by atomic mass is 32.1. The van der Waals surface area contributed by atoms with E-state index in [1.54, 1.807) is 11.6 Å². The number of hydrogen-bond acceptors (Lipinski definition) is 6. The molecule has 2 aromatic rings. The van der Waals surface area contributed by atoms with Gasteiger partial charge in [0, 0.05) is 37.4 Å². The first-order chi connectivity index (χ1) is 12.5. The minimum absolute atomic E-state index is 0.0113. The maximum atomic E-state index is 12.1. The molecule has 0 aliphatic carbocycles. The minimum atomic E-state index is -0.701. The van der Waals surface area contributed by atoms with Crippen LogP contribution in [0.25, 0.3) is 0 Å². The van der Waals surface area contributed by atoms with Crippen LogP contribution in [0.3, 0.4) is 0 Å². The van der Waals surface area contributed by atoms with E-state index in [1.165, 1.54) is 22.6 Å². The van der Waals surface area contributed by atoms with Gasteiger partial charge in [0.1, 0.15) is 0 Å². The van der Waals surface area contributed by atoms with Crippen molar-refractivity contribution in [3.8, 4) is 0 Å². The highest BCUT2D eigenvalue weighted by Crippen LogP contribution is 2.30. The molecule has 2 amide bonds. The van der Waals surface area contributed by atoms with E-state index >= 15 is 0 Å². The van der Waals surface area contributed by atoms with Crippen molar-refractivity contribution >= 4 is 34.0 Å². The topological polar surface area (TPSA) is 77.6 Å². The Morgan fingerprint density at radius 3 is 2.85 bits per heavy atom. The van der Waals surface area contributed by atoms with Crippen molar-refractivity contribution in [1.29, 1.82) is 0 Å². The average molecular weight is 373 g/mol. The van der Waals surface area contributed by atoms with Gasteiger partial charge in [-0.2, -0.15) is 0 Å². The first-order valence-corrected chi connectivity index (χ1v) is 9.32. The van der Waals surface area contributed by atoms with E-state index in [0.717, 1.165) is 18.5 Å². The lowest BCUT2D eigenvalue weighted by atomic mass is 10.0. The number of hydrogen-bond donors (Lipinski definition) is 2. The standard InChI is InChI=1S/C18H23N5O2S/c1-22(2)15(12-4-5-14-13(10-12)6-8-23(14)3)11-20-16(24)17(25)21-18-19-7-9-26-18/h4-5,7,9-10,15H,6,8,11H2,1-3H3,(H,20,24)(H,19,21,25)/t15-/m0/s1. The fourth-order valence-electron chi connectivity index (χ4n) is 3.10. The number of anilines is 2. The molecule has 1 aliphatic rings. The van der Waals surface area contributed by atoms with Gasteiger partial charge in [0.05, 0.1) is 6.04 Å². The molecule has 0 unspecified atom stereocenters. The van der Waals surface area contributed by atoms with Crippen molar-refractivity contribution in [2.24, 2.45) is 0 Å². The van der Waals surface area contributed by atoms with Crippen molar-refractivity contribution in [2.75, 3.05) is 44.4 Å². The Morgan fingerprint density at radius 1 is 1.35 bits per heavy atom. The zero-order chi connectivity index (χ0) is 18.7. The molecule has 2 N–H and O–H groups in total. The number of likely N-dealkylation sites (N-methyl/N-ethyl adjacent to an activating group) is 2. The molecule has 1 aliphatic heterocycles. The van der Waals surface area contributed by atoms with Crippen molar-refractivity contribution in [1.82, 2.24) is 15.2 Å². The molecule has 2 heterocycles. The molecule has 0 radical (unpaired) electrons. The largest absolute Gasteiger partial charge is 0.374 e. The van der Waals surface area contributed by atoms with E-state index in [1.807, 2.05) is 19.0 Å². The Labute approximate surface area is 157 Å². The molecule has 0 fully saturated rings. The van der Waals surface area contributed by atoms with Crippen LogP contribution in [0.4, 0.5) is 10.8 Å². The normalized spacial score (nSPS) is 14.2. The van der Waals surface area contributed by atoms with Crippen LogP contribution in [0.5, 0.6) is 0 Å². The Kier molecular flexibility index (Phi) is 5.53. The second kappa shape index (κ2) is 7.84. The second-order valence-electron chi connectivity index (χ2n) is 6.54. The summed E-state index contributed by atoms with van der Waals surface area (Å²) in [6.45, 7) is 1.38. The van der Waals surface area contributed by atoms with Gasteiger partial charge in [0.2, 0.25) is 0 Å². The molecule has 26 heavy (non-hydrogen) atoms. The molecule has 7 nitrogen and oxygen atoms in total. The molecule has 1 atom stereocenters. The molecule has 1 aromatic carbocycles. The number of thiazole rings is 1. The van der Waals surface area contributed by atoms with Gasteiger partial charge in [0.15, 0.2) is 5.13 Å². The summed E-state index contributed by atoms with van der Waals surface area (Å²) < 4.78 is 0. The van der Waals surface area contributed by atoms with Crippen LogP contribution in [0.2, 0.25) is 0 Å². The lowest BCUT2D eigenvalue weighted by Crippen LogP contribution is -2.40. The van der Waals surface area contributed by atoms with E-state index in [4.69, 9.17) is 0 Å². The molecule has 0 bridgehead atoms. The number of benzene rings is 1. The van der Waals surface area contributed by atoms with Gasteiger partial charge >= 0.3 is 11.8 Å². The van der Waals surface area contributed by atoms with Gasteiger partial charge in [-0.1, -0.05) is 12.1 Å². The van der Waals surface area contributed by atoms with E-state index in [2.05, 4.69) is 45.8 Å². The lowest BCUT2D eigenvalue weighted by Gasteiger charge is -2.25. The van der Waals surface area contributed by atoms with Crippen LogP contribution in [0.1, 0.15) is 17.2 Å². The Hall–Kier alpha value is -2.45. The van der Waals surface area contributed by atoms with E-state index in [-0.39, 0.29) is 6.04 Å². The number of aromatic nitrogens is 1. The minimum Gasteiger partial charge on any atom is -0.374 e. The van der Waals surface area contributed by atoms with Crippen LogP contribution < -0.4 is 15.5 Å². The summed E-state index contributed by atoms with van der Waals surface area (Å²) in [6.07, 6.45) is 2.61. The Balaban J connectivity index is 1.64. The number of rotatable bonds is 5. The fraction of sp³-hybridized carbons (Fsp3) is 0.389. The van der Waals surface area contributed by atoms with Gasteiger partial charge in [-0.25, -0.2) is 4.98 Å². The van der Waals surface area contributed by atoms with Gasteiger partial charge in [-0.15, -0.1) is 11.3 Å². The maximum absolute atomic E-state index is 12.1. The second-order valence-corrected chi connectivity index (χ2v) is 7.44. The number of fused-ring (bicyclic) bond motifs is 1. The predicted octanol–water partition coefficient (Wildman–Crippen LogP) is 1.49. The molecule has 0 saturated carbocycles. The fourth-order valence-corrected chi connectivity index (χ4v) is 3.63. The first kappa shape index (κ1) is 18.3. The Bertz CT molecular complexity index is 791. The predicted molar refractivity (Wildman–Crippen MR) is 104 cm³/mol. The zero-order valence-electron chi connectivity index (χ0n) is 15.2. The van der Waals surface area contributed by atoms with Crippen molar-refractivity contribution < 1.29 is 9.59 Å².